The highest BCUT2D eigenvalue weighted by atomic mass is 14.3. The maximum absolute atomic E-state index is 2.35. The fourth-order valence-electron chi connectivity index (χ4n) is 6.21. The lowest BCUT2D eigenvalue weighted by molar-refractivity contribution is 1.46. The van der Waals surface area contributed by atoms with Crippen LogP contribution in [-0.2, 0) is 0 Å². The summed E-state index contributed by atoms with van der Waals surface area (Å²) in [6.45, 7) is 6.70. The van der Waals surface area contributed by atoms with Gasteiger partial charge in [0.25, 0.3) is 0 Å². The predicted octanol–water partition coefficient (Wildman–Crippen LogP) is 9.90. The molecule has 0 bridgehead atoms. The van der Waals surface area contributed by atoms with Crippen LogP contribution < -0.4 is 0 Å². The van der Waals surface area contributed by atoms with Gasteiger partial charge in [-0.05, 0) is 104 Å². The molecular weight excluding hydrogens is 420 g/mol. The minimum atomic E-state index is 1.31. The molecule has 7 rings (SSSR count). The molecule has 0 aliphatic heterocycles. The third-order valence-electron chi connectivity index (χ3n) is 7.84. The lowest BCUT2D eigenvalue weighted by atomic mass is 9.81. The van der Waals surface area contributed by atoms with Crippen molar-refractivity contribution < 1.29 is 0 Å². The summed E-state index contributed by atoms with van der Waals surface area (Å²) in [5, 5.41) is 5.38. The molecule has 0 radical (unpaired) electrons. The van der Waals surface area contributed by atoms with Crippen molar-refractivity contribution in [1.82, 2.24) is 0 Å². The molecule has 35 heavy (non-hydrogen) atoms. The Bertz CT molecular complexity index is 1720. The van der Waals surface area contributed by atoms with Crippen LogP contribution in [0, 0.1) is 20.8 Å². The molecule has 0 nitrogen and oxygen atoms in total. The predicted molar refractivity (Wildman–Crippen MR) is 151 cm³/mol. The Balaban J connectivity index is 1.79. The molecular formula is C35H26. The molecule has 6 aromatic rings. The van der Waals surface area contributed by atoms with Gasteiger partial charge < -0.3 is 0 Å². The molecule has 0 atom stereocenters. The standard InChI is InChI=1S/C35H26/c1-21-11-4-6-13-25(21)32-27-15-8-9-16-28(27)33(26-14-7-5-12-22(26)2)35-30-20-19-23(3)24-17-10-18-29(31(24)30)34(32)35/h4-20H,1-3H3. The summed E-state index contributed by atoms with van der Waals surface area (Å²) in [4.78, 5) is 0. The Morgan fingerprint density at radius 1 is 0.314 bits per heavy atom. The quantitative estimate of drug-likeness (QED) is 0.248. The van der Waals surface area contributed by atoms with Gasteiger partial charge in [0, 0.05) is 0 Å². The molecule has 0 fully saturated rings. The van der Waals surface area contributed by atoms with Gasteiger partial charge in [-0.2, -0.15) is 0 Å². The van der Waals surface area contributed by atoms with Crippen LogP contribution in [0.4, 0.5) is 0 Å². The zero-order valence-corrected chi connectivity index (χ0v) is 20.3. The van der Waals surface area contributed by atoms with Crippen LogP contribution in [0.1, 0.15) is 16.7 Å². The molecule has 166 valence electrons. The van der Waals surface area contributed by atoms with Gasteiger partial charge in [0.1, 0.15) is 0 Å². The van der Waals surface area contributed by atoms with E-state index in [0.29, 0.717) is 0 Å². The number of hydrogen-bond acceptors (Lipinski definition) is 0. The minimum absolute atomic E-state index is 1.31. The Labute approximate surface area is 206 Å². The maximum Gasteiger partial charge on any atom is -0.000731 e. The van der Waals surface area contributed by atoms with Gasteiger partial charge >= 0.3 is 0 Å². The highest BCUT2D eigenvalue weighted by molar-refractivity contribution is 6.28. The lowest BCUT2D eigenvalue weighted by Crippen LogP contribution is -1.95. The highest BCUT2D eigenvalue weighted by Gasteiger charge is 2.31. The van der Waals surface area contributed by atoms with Crippen LogP contribution in [0.15, 0.2) is 103 Å². The monoisotopic (exact) mass is 446 g/mol. The van der Waals surface area contributed by atoms with Gasteiger partial charge in [0.15, 0.2) is 0 Å². The average molecular weight is 447 g/mol. The fourth-order valence-corrected chi connectivity index (χ4v) is 6.21. The van der Waals surface area contributed by atoms with Gasteiger partial charge in [-0.1, -0.05) is 103 Å². The van der Waals surface area contributed by atoms with Gasteiger partial charge in [-0.3, -0.25) is 0 Å². The van der Waals surface area contributed by atoms with Crippen LogP contribution in [0.2, 0.25) is 0 Å². The topological polar surface area (TPSA) is 0 Å². The number of rotatable bonds is 2. The number of aryl methyl sites for hydroxylation is 3. The second kappa shape index (κ2) is 7.42. The van der Waals surface area contributed by atoms with Crippen molar-refractivity contribution in [1.29, 1.82) is 0 Å². The number of hydrogen-bond donors (Lipinski definition) is 0. The maximum atomic E-state index is 2.35. The van der Waals surface area contributed by atoms with E-state index in [-0.39, 0.29) is 0 Å². The Morgan fingerprint density at radius 2 is 0.771 bits per heavy atom. The molecule has 0 heteroatoms. The van der Waals surface area contributed by atoms with Crippen LogP contribution in [0.3, 0.4) is 0 Å². The second-order valence-corrected chi connectivity index (χ2v) is 9.83. The summed E-state index contributed by atoms with van der Waals surface area (Å²) in [6, 6.07) is 38.2. The van der Waals surface area contributed by atoms with Crippen molar-refractivity contribution in [2.24, 2.45) is 0 Å². The Morgan fingerprint density at radius 3 is 1.34 bits per heavy atom. The molecule has 0 aromatic heterocycles. The van der Waals surface area contributed by atoms with E-state index in [1.54, 1.807) is 0 Å². The Hall–Kier alpha value is -4.16. The van der Waals surface area contributed by atoms with Crippen molar-refractivity contribution in [3.05, 3.63) is 120 Å². The van der Waals surface area contributed by atoms with Crippen molar-refractivity contribution in [3.8, 4) is 44.5 Å². The summed E-state index contributed by atoms with van der Waals surface area (Å²) in [7, 11) is 0. The van der Waals surface area contributed by atoms with E-state index in [1.807, 2.05) is 0 Å². The second-order valence-electron chi connectivity index (χ2n) is 9.83. The highest BCUT2D eigenvalue weighted by Crippen LogP contribution is 2.58. The average Bonchev–Trinajstić information content (AvgIpc) is 3.21. The minimum Gasteiger partial charge on any atom is -0.0620 e. The first-order valence-electron chi connectivity index (χ1n) is 12.4. The van der Waals surface area contributed by atoms with Gasteiger partial charge in [-0.15, -0.1) is 0 Å². The molecule has 1 aliphatic carbocycles. The number of fused-ring (bicyclic) bond motifs is 4. The fraction of sp³-hybridized carbons (Fsp3) is 0.0857. The SMILES string of the molecule is Cc1ccccc1-c1c2c(c(-c3ccccc3C)c3ccccc13)-c1ccc(C)c3cccc-2c13. The molecule has 0 N–H and O–H groups in total. The molecule has 1 aliphatic rings. The third-order valence-corrected chi connectivity index (χ3v) is 7.84. The Kier molecular flexibility index (Phi) is 4.29. The van der Waals surface area contributed by atoms with Crippen LogP contribution in [-0.4, -0.2) is 0 Å². The molecule has 0 saturated heterocycles. The van der Waals surface area contributed by atoms with E-state index >= 15 is 0 Å². The van der Waals surface area contributed by atoms with Crippen LogP contribution in [0.25, 0.3) is 66.1 Å². The van der Waals surface area contributed by atoms with Gasteiger partial charge in [-0.25, -0.2) is 0 Å². The first-order chi connectivity index (χ1) is 17.1. The molecule has 6 aromatic carbocycles. The van der Waals surface area contributed by atoms with Crippen molar-refractivity contribution in [3.63, 3.8) is 0 Å². The summed E-state index contributed by atoms with van der Waals surface area (Å²) in [5.41, 5.74) is 14.8. The van der Waals surface area contributed by atoms with Crippen LogP contribution >= 0.6 is 0 Å². The molecule has 0 heterocycles. The van der Waals surface area contributed by atoms with E-state index in [4.69, 9.17) is 0 Å². The smallest absolute Gasteiger partial charge is 0.000731 e. The van der Waals surface area contributed by atoms with E-state index in [0.717, 1.165) is 0 Å². The molecule has 0 spiro atoms. The van der Waals surface area contributed by atoms with Crippen molar-refractivity contribution in [2.45, 2.75) is 20.8 Å². The summed E-state index contributed by atoms with van der Waals surface area (Å²) in [6.07, 6.45) is 0. The van der Waals surface area contributed by atoms with E-state index in [2.05, 4.69) is 124 Å². The molecule has 0 unspecified atom stereocenters. The van der Waals surface area contributed by atoms with Gasteiger partial charge in [0.05, 0.1) is 0 Å². The summed E-state index contributed by atoms with van der Waals surface area (Å²) >= 11 is 0. The summed E-state index contributed by atoms with van der Waals surface area (Å²) in [5.74, 6) is 0. The zero-order chi connectivity index (χ0) is 23.7. The molecule has 0 amide bonds. The van der Waals surface area contributed by atoms with Gasteiger partial charge in [0.2, 0.25) is 0 Å². The van der Waals surface area contributed by atoms with Crippen LogP contribution in [0.5, 0.6) is 0 Å². The normalized spacial score (nSPS) is 11.9. The first kappa shape index (κ1) is 20.2. The lowest BCUT2D eigenvalue weighted by Gasteiger charge is -2.22. The summed E-state index contributed by atoms with van der Waals surface area (Å²) < 4.78 is 0. The van der Waals surface area contributed by atoms with E-state index < -0.39 is 0 Å². The third kappa shape index (κ3) is 2.74. The van der Waals surface area contributed by atoms with E-state index in [9.17, 15) is 0 Å². The first-order valence-corrected chi connectivity index (χ1v) is 12.4. The van der Waals surface area contributed by atoms with Crippen molar-refractivity contribution in [2.75, 3.05) is 0 Å². The largest absolute Gasteiger partial charge is 0.0620 e. The van der Waals surface area contributed by atoms with E-state index in [1.165, 1.54) is 82.7 Å². The van der Waals surface area contributed by atoms with Crippen molar-refractivity contribution >= 4 is 21.5 Å². The number of benzene rings is 6. The molecule has 0 saturated carbocycles. The zero-order valence-electron chi connectivity index (χ0n) is 20.3.